The van der Waals surface area contributed by atoms with Crippen LogP contribution in [0.5, 0.6) is 0 Å². The Morgan fingerprint density at radius 2 is 2.10 bits per heavy atom. The van der Waals surface area contributed by atoms with E-state index in [0.29, 0.717) is 12.3 Å². The van der Waals surface area contributed by atoms with Crippen molar-refractivity contribution >= 4 is 17.2 Å². The van der Waals surface area contributed by atoms with Gasteiger partial charge in [0.25, 0.3) is 0 Å². The van der Waals surface area contributed by atoms with Crippen LogP contribution < -0.4 is 5.32 Å². The van der Waals surface area contributed by atoms with E-state index in [0.717, 1.165) is 61.6 Å². The zero-order valence-electron chi connectivity index (χ0n) is 17.3. The molecule has 1 aliphatic rings. The van der Waals surface area contributed by atoms with Gasteiger partial charge >= 0.3 is 0 Å². The molecule has 0 aliphatic carbocycles. The smallest absolute Gasteiger partial charge is 0.225 e. The number of rotatable bonds is 6. The molecule has 0 unspecified atom stereocenters. The van der Waals surface area contributed by atoms with Crippen molar-refractivity contribution in [1.82, 2.24) is 19.5 Å². The topological polar surface area (TPSA) is 62.5 Å². The van der Waals surface area contributed by atoms with E-state index < -0.39 is 0 Å². The molecular weight excluding hydrogens is 362 g/mol. The fourth-order valence-electron chi connectivity index (χ4n) is 4.27. The van der Waals surface area contributed by atoms with Crippen molar-refractivity contribution in [2.24, 2.45) is 0 Å². The number of nitrogens with zero attached hydrogens (tertiary/aromatic N) is 4. The Kier molecular flexibility index (Phi) is 5.90. The van der Waals surface area contributed by atoms with Gasteiger partial charge in [-0.3, -0.25) is 9.20 Å². The second-order valence-corrected chi connectivity index (χ2v) is 7.89. The SMILES string of the molecule is CCc1cccc(C)c1NC(=O)CCN1CCC[C@H](c2nnc3ccccn23)C1. The van der Waals surface area contributed by atoms with E-state index in [4.69, 9.17) is 0 Å². The second-order valence-electron chi connectivity index (χ2n) is 7.89. The van der Waals surface area contributed by atoms with Gasteiger partial charge in [-0.2, -0.15) is 0 Å². The number of aromatic nitrogens is 3. The number of carbonyl (C=O) groups is 1. The predicted molar refractivity (Wildman–Crippen MR) is 115 cm³/mol. The predicted octanol–water partition coefficient (Wildman–Crippen LogP) is 3.81. The molecule has 1 fully saturated rings. The Balaban J connectivity index is 1.36. The molecule has 0 radical (unpaired) electrons. The molecule has 0 bridgehead atoms. The maximum absolute atomic E-state index is 12.6. The summed E-state index contributed by atoms with van der Waals surface area (Å²) in [5.41, 5.74) is 4.18. The van der Waals surface area contributed by atoms with Crippen LogP contribution in [-0.2, 0) is 11.2 Å². The number of piperidine rings is 1. The molecule has 1 aliphatic heterocycles. The minimum absolute atomic E-state index is 0.0871. The fourth-order valence-corrected chi connectivity index (χ4v) is 4.27. The summed E-state index contributed by atoms with van der Waals surface area (Å²) in [7, 11) is 0. The lowest BCUT2D eigenvalue weighted by Gasteiger charge is -2.31. The van der Waals surface area contributed by atoms with Gasteiger partial charge < -0.3 is 10.2 Å². The number of nitrogens with one attached hydrogen (secondary N) is 1. The molecule has 0 spiro atoms. The van der Waals surface area contributed by atoms with Crippen molar-refractivity contribution in [3.8, 4) is 0 Å². The van der Waals surface area contributed by atoms with Crippen LogP contribution in [0.1, 0.15) is 49.1 Å². The van der Waals surface area contributed by atoms with E-state index in [9.17, 15) is 4.79 Å². The van der Waals surface area contributed by atoms with Gasteiger partial charge in [-0.15, -0.1) is 10.2 Å². The van der Waals surface area contributed by atoms with E-state index >= 15 is 0 Å². The van der Waals surface area contributed by atoms with Crippen LogP contribution in [0.15, 0.2) is 42.6 Å². The summed E-state index contributed by atoms with van der Waals surface area (Å²) in [5, 5.41) is 11.9. The maximum Gasteiger partial charge on any atom is 0.225 e. The van der Waals surface area contributed by atoms with E-state index in [-0.39, 0.29) is 5.91 Å². The van der Waals surface area contributed by atoms with E-state index in [1.165, 1.54) is 5.56 Å². The number of aryl methyl sites for hydroxylation is 2. The van der Waals surface area contributed by atoms with Crippen molar-refractivity contribution in [2.75, 3.05) is 25.0 Å². The average molecular weight is 392 g/mol. The Morgan fingerprint density at radius 1 is 1.21 bits per heavy atom. The fraction of sp³-hybridized carbons (Fsp3) is 0.435. The van der Waals surface area contributed by atoms with Gasteiger partial charge in [-0.05, 0) is 56.0 Å². The monoisotopic (exact) mass is 391 g/mol. The molecule has 6 nitrogen and oxygen atoms in total. The van der Waals surface area contributed by atoms with Gasteiger partial charge in [-0.25, -0.2) is 0 Å². The quantitative estimate of drug-likeness (QED) is 0.694. The summed E-state index contributed by atoms with van der Waals surface area (Å²) in [6.07, 6.45) is 5.68. The molecule has 0 saturated carbocycles. The molecule has 1 aromatic carbocycles. The molecule has 152 valence electrons. The molecular formula is C23H29N5O. The van der Waals surface area contributed by atoms with Crippen LogP contribution in [0.4, 0.5) is 5.69 Å². The third-order valence-electron chi connectivity index (χ3n) is 5.87. The Morgan fingerprint density at radius 3 is 2.97 bits per heavy atom. The third kappa shape index (κ3) is 4.32. The van der Waals surface area contributed by atoms with Crippen molar-refractivity contribution < 1.29 is 4.79 Å². The summed E-state index contributed by atoms with van der Waals surface area (Å²) in [4.78, 5) is 15.0. The number of amides is 1. The van der Waals surface area contributed by atoms with Gasteiger partial charge in [0.2, 0.25) is 5.91 Å². The molecule has 1 saturated heterocycles. The number of anilines is 1. The molecule has 29 heavy (non-hydrogen) atoms. The van der Waals surface area contributed by atoms with Crippen LogP contribution in [0.3, 0.4) is 0 Å². The van der Waals surface area contributed by atoms with Gasteiger partial charge in [0, 0.05) is 37.3 Å². The number of fused-ring (bicyclic) bond motifs is 1. The van der Waals surface area contributed by atoms with Gasteiger partial charge in [-0.1, -0.05) is 31.2 Å². The zero-order valence-corrected chi connectivity index (χ0v) is 17.3. The molecule has 3 heterocycles. The average Bonchev–Trinajstić information content (AvgIpc) is 3.18. The van der Waals surface area contributed by atoms with E-state index in [1.54, 1.807) is 0 Å². The normalized spacial score (nSPS) is 17.5. The number of para-hydroxylation sites is 1. The van der Waals surface area contributed by atoms with Gasteiger partial charge in [0.05, 0.1) is 0 Å². The van der Waals surface area contributed by atoms with Crippen LogP contribution in [-0.4, -0.2) is 45.0 Å². The highest BCUT2D eigenvalue weighted by molar-refractivity contribution is 5.92. The highest BCUT2D eigenvalue weighted by Gasteiger charge is 2.25. The minimum atomic E-state index is 0.0871. The molecule has 2 aromatic heterocycles. The Bertz CT molecular complexity index is 996. The molecule has 6 heteroatoms. The summed E-state index contributed by atoms with van der Waals surface area (Å²) < 4.78 is 2.09. The summed E-state index contributed by atoms with van der Waals surface area (Å²) >= 11 is 0. The molecule has 3 aromatic rings. The van der Waals surface area contributed by atoms with E-state index in [2.05, 4.69) is 37.8 Å². The van der Waals surface area contributed by atoms with Crippen molar-refractivity contribution in [3.63, 3.8) is 0 Å². The first-order chi connectivity index (χ1) is 14.2. The largest absolute Gasteiger partial charge is 0.326 e. The summed E-state index contributed by atoms with van der Waals surface area (Å²) in [5.74, 6) is 1.47. The number of benzene rings is 1. The highest BCUT2D eigenvalue weighted by Crippen LogP contribution is 2.26. The highest BCUT2D eigenvalue weighted by atomic mass is 16.1. The van der Waals surface area contributed by atoms with Crippen LogP contribution in [0.25, 0.3) is 5.65 Å². The van der Waals surface area contributed by atoms with Crippen LogP contribution in [0, 0.1) is 6.92 Å². The van der Waals surface area contributed by atoms with Crippen molar-refractivity contribution in [2.45, 2.75) is 45.4 Å². The summed E-state index contributed by atoms with van der Waals surface area (Å²) in [6, 6.07) is 12.2. The number of hydrogen-bond acceptors (Lipinski definition) is 4. The Hall–Kier alpha value is -2.73. The van der Waals surface area contributed by atoms with E-state index in [1.807, 2.05) is 43.5 Å². The summed E-state index contributed by atoms with van der Waals surface area (Å²) in [6.45, 7) is 6.89. The van der Waals surface area contributed by atoms with Gasteiger partial charge in [0.1, 0.15) is 5.82 Å². The minimum Gasteiger partial charge on any atom is -0.326 e. The number of carbonyl (C=O) groups excluding carboxylic acids is 1. The molecule has 1 N–H and O–H groups in total. The number of hydrogen-bond donors (Lipinski definition) is 1. The van der Waals surface area contributed by atoms with Crippen LogP contribution in [0.2, 0.25) is 0 Å². The lowest BCUT2D eigenvalue weighted by molar-refractivity contribution is -0.116. The standard InChI is InChI=1S/C23H29N5O/c1-3-18-9-6-8-17(2)22(18)24-21(29)12-15-27-13-7-10-19(16-27)23-26-25-20-11-4-5-14-28(20)23/h4-6,8-9,11,14,19H,3,7,10,12-13,15-16H2,1-2H3,(H,24,29)/t19-/m0/s1. The molecule has 1 atom stereocenters. The van der Waals surface area contributed by atoms with Crippen molar-refractivity contribution in [3.05, 3.63) is 59.5 Å². The third-order valence-corrected chi connectivity index (χ3v) is 5.87. The maximum atomic E-state index is 12.6. The first-order valence-corrected chi connectivity index (χ1v) is 10.6. The van der Waals surface area contributed by atoms with Crippen LogP contribution >= 0.6 is 0 Å². The second kappa shape index (κ2) is 8.74. The number of likely N-dealkylation sites (tertiary alicyclic amines) is 1. The van der Waals surface area contributed by atoms with Crippen molar-refractivity contribution in [1.29, 1.82) is 0 Å². The molecule has 4 rings (SSSR count). The number of pyridine rings is 1. The first kappa shape index (κ1) is 19.6. The first-order valence-electron chi connectivity index (χ1n) is 10.6. The lowest BCUT2D eigenvalue weighted by Crippen LogP contribution is -2.37. The lowest BCUT2D eigenvalue weighted by atomic mass is 9.97. The van der Waals surface area contributed by atoms with Gasteiger partial charge in [0.15, 0.2) is 5.65 Å². The zero-order chi connectivity index (χ0) is 20.2. The Labute approximate surface area is 171 Å². The molecule has 1 amide bonds.